The van der Waals surface area contributed by atoms with Crippen molar-refractivity contribution in [3.05, 3.63) is 97.2 Å². The monoisotopic (exact) mass is 930 g/mol. The molecule has 0 fully saturated rings. The Morgan fingerprint density at radius 3 is 0.985 bits per heavy atom. The number of hydrogen-bond acceptors (Lipinski definition) is 3. The lowest BCUT2D eigenvalue weighted by atomic mass is 10.0. The van der Waals surface area contributed by atoms with Gasteiger partial charge in [0.15, 0.2) is 0 Å². The molecule has 0 aromatic rings. The lowest BCUT2D eigenvalue weighted by molar-refractivity contribution is -0.123. The third kappa shape index (κ3) is 54.1. The van der Waals surface area contributed by atoms with Crippen molar-refractivity contribution in [2.45, 2.75) is 289 Å². The standard InChI is InChI=1S/C63H111NO3/c1-3-5-7-9-11-13-15-17-19-20-21-22-23-24-25-26-27-28-29-30-31-32-33-34-35-36-37-38-39-40-41-42-43-44-45-47-49-51-53-55-57-59-63(67)64-61(60-65)62(66)58-56-54-52-50-48-46-18-16-14-12-10-8-6-4-2/h5,7,11,13,17,19,21-22,24-25,27-28,30-31,56,58,61-62,65-66H,3-4,6,8-10,12,14-16,18,20,23,26,29,32-55,57,59-60H2,1-2H3,(H,64,67)/b7-5-,13-11-,19-17-,22-21-,25-24-,28-27-,31-30-,58-56+. The summed E-state index contributed by atoms with van der Waals surface area (Å²) in [6.07, 6.45) is 85.8. The van der Waals surface area contributed by atoms with E-state index in [0.717, 1.165) is 70.6 Å². The van der Waals surface area contributed by atoms with Crippen LogP contribution < -0.4 is 5.32 Å². The number of allylic oxidation sites excluding steroid dienone is 15. The molecule has 0 heterocycles. The zero-order valence-electron chi connectivity index (χ0n) is 44.4. The Morgan fingerprint density at radius 1 is 0.373 bits per heavy atom. The Morgan fingerprint density at radius 2 is 0.657 bits per heavy atom. The Labute approximate surface area is 417 Å². The first-order valence-electron chi connectivity index (χ1n) is 29.0. The van der Waals surface area contributed by atoms with Crippen LogP contribution >= 0.6 is 0 Å². The molecule has 0 aromatic heterocycles. The highest BCUT2D eigenvalue weighted by Crippen LogP contribution is 2.16. The molecule has 4 heteroatoms. The van der Waals surface area contributed by atoms with Gasteiger partial charge in [-0.05, 0) is 77.0 Å². The summed E-state index contributed by atoms with van der Waals surface area (Å²) >= 11 is 0. The van der Waals surface area contributed by atoms with Crippen LogP contribution in [0, 0.1) is 0 Å². The van der Waals surface area contributed by atoms with Gasteiger partial charge in [-0.1, -0.05) is 291 Å². The van der Waals surface area contributed by atoms with E-state index in [1.807, 2.05) is 6.08 Å². The largest absolute Gasteiger partial charge is 0.394 e. The van der Waals surface area contributed by atoms with Gasteiger partial charge in [0.25, 0.3) is 0 Å². The van der Waals surface area contributed by atoms with E-state index in [0.29, 0.717) is 6.42 Å². The summed E-state index contributed by atoms with van der Waals surface area (Å²) in [6.45, 7) is 4.20. The molecule has 3 N–H and O–H groups in total. The van der Waals surface area contributed by atoms with E-state index in [4.69, 9.17) is 0 Å². The minimum atomic E-state index is -0.841. The number of hydrogen-bond donors (Lipinski definition) is 3. The third-order valence-corrected chi connectivity index (χ3v) is 12.8. The van der Waals surface area contributed by atoms with Crippen LogP contribution in [0.1, 0.15) is 277 Å². The molecule has 0 spiro atoms. The van der Waals surface area contributed by atoms with E-state index < -0.39 is 12.1 Å². The molecule has 386 valence electrons. The SMILES string of the molecule is CC/C=C\C/C=C\C/C=C\C/C=C\C/C=C\C/C=C\C/C=C\CCCCCCCCCCCCCCCCCCCCCC(=O)NC(CO)C(O)/C=C/CCCCCCCCCCCCCC. The van der Waals surface area contributed by atoms with Crippen molar-refractivity contribution < 1.29 is 15.0 Å². The fraction of sp³-hybridized carbons (Fsp3) is 0.730. The Balaban J connectivity index is 3.47. The van der Waals surface area contributed by atoms with Crippen LogP contribution in [0.2, 0.25) is 0 Å². The van der Waals surface area contributed by atoms with Gasteiger partial charge in [0.1, 0.15) is 0 Å². The first-order chi connectivity index (χ1) is 33.2. The molecule has 0 radical (unpaired) electrons. The number of unbranched alkanes of at least 4 members (excludes halogenated alkanes) is 31. The van der Waals surface area contributed by atoms with Crippen LogP contribution in [-0.2, 0) is 4.79 Å². The summed E-state index contributed by atoms with van der Waals surface area (Å²) < 4.78 is 0. The van der Waals surface area contributed by atoms with E-state index >= 15 is 0 Å². The van der Waals surface area contributed by atoms with Gasteiger partial charge in [-0.25, -0.2) is 0 Å². The lowest BCUT2D eigenvalue weighted by Gasteiger charge is -2.20. The minimum Gasteiger partial charge on any atom is -0.394 e. The van der Waals surface area contributed by atoms with Crippen molar-refractivity contribution in [2.24, 2.45) is 0 Å². The molecule has 0 aliphatic heterocycles. The van der Waals surface area contributed by atoms with Crippen molar-refractivity contribution >= 4 is 5.91 Å². The van der Waals surface area contributed by atoms with Gasteiger partial charge < -0.3 is 15.5 Å². The van der Waals surface area contributed by atoms with E-state index in [9.17, 15) is 15.0 Å². The van der Waals surface area contributed by atoms with E-state index in [1.165, 1.54) is 186 Å². The van der Waals surface area contributed by atoms with Crippen molar-refractivity contribution in [3.63, 3.8) is 0 Å². The zero-order chi connectivity index (χ0) is 48.5. The van der Waals surface area contributed by atoms with Gasteiger partial charge in [0.2, 0.25) is 5.91 Å². The maximum atomic E-state index is 12.5. The molecule has 0 bridgehead atoms. The molecule has 1 amide bonds. The Hall–Kier alpha value is -2.69. The second kappa shape index (κ2) is 57.6. The summed E-state index contributed by atoms with van der Waals surface area (Å²) in [7, 11) is 0. The molecule has 0 saturated heterocycles. The number of carbonyl (C=O) groups excluding carboxylic acids is 1. The highest BCUT2D eigenvalue weighted by Gasteiger charge is 2.18. The average Bonchev–Trinajstić information content (AvgIpc) is 3.33. The number of rotatable bonds is 52. The predicted octanol–water partition coefficient (Wildman–Crippen LogP) is 19.3. The Kier molecular flexibility index (Phi) is 55.3. The Bertz CT molecular complexity index is 1240. The van der Waals surface area contributed by atoms with Gasteiger partial charge in [0.05, 0.1) is 18.8 Å². The summed E-state index contributed by atoms with van der Waals surface area (Å²) in [6, 6.07) is -0.624. The second-order valence-corrected chi connectivity index (χ2v) is 19.3. The highest BCUT2D eigenvalue weighted by atomic mass is 16.3. The van der Waals surface area contributed by atoms with Crippen molar-refractivity contribution in [1.82, 2.24) is 5.32 Å². The summed E-state index contributed by atoms with van der Waals surface area (Å²) in [5.74, 6) is -0.0637. The van der Waals surface area contributed by atoms with Gasteiger partial charge in [-0.3, -0.25) is 4.79 Å². The molecule has 2 atom stereocenters. The average molecular weight is 931 g/mol. The van der Waals surface area contributed by atoms with Crippen LogP contribution in [0.15, 0.2) is 97.2 Å². The zero-order valence-corrected chi connectivity index (χ0v) is 44.4. The predicted molar refractivity (Wildman–Crippen MR) is 299 cm³/mol. The number of aliphatic hydroxyl groups excluding tert-OH is 2. The highest BCUT2D eigenvalue weighted by molar-refractivity contribution is 5.76. The normalized spacial score (nSPS) is 13.6. The maximum Gasteiger partial charge on any atom is 0.220 e. The molecule has 0 aromatic carbocycles. The molecule has 0 aliphatic carbocycles. The molecule has 0 saturated carbocycles. The maximum absolute atomic E-state index is 12.5. The topological polar surface area (TPSA) is 69.6 Å². The van der Waals surface area contributed by atoms with Crippen LogP contribution in [0.5, 0.6) is 0 Å². The van der Waals surface area contributed by atoms with Gasteiger partial charge in [-0.15, -0.1) is 0 Å². The van der Waals surface area contributed by atoms with E-state index in [2.05, 4.69) is 104 Å². The first-order valence-corrected chi connectivity index (χ1v) is 29.0. The summed E-state index contributed by atoms with van der Waals surface area (Å²) in [5.41, 5.74) is 0. The third-order valence-electron chi connectivity index (χ3n) is 12.8. The number of amides is 1. The first kappa shape index (κ1) is 64.3. The molecular formula is C63H111NO3. The summed E-state index contributed by atoms with van der Waals surface area (Å²) in [4.78, 5) is 12.5. The molecule has 67 heavy (non-hydrogen) atoms. The number of nitrogens with one attached hydrogen (secondary N) is 1. The van der Waals surface area contributed by atoms with Crippen molar-refractivity contribution in [2.75, 3.05) is 6.61 Å². The number of carbonyl (C=O) groups is 1. The molecule has 0 aliphatic rings. The second-order valence-electron chi connectivity index (χ2n) is 19.3. The smallest absolute Gasteiger partial charge is 0.220 e. The van der Waals surface area contributed by atoms with Gasteiger partial charge in [-0.2, -0.15) is 0 Å². The lowest BCUT2D eigenvalue weighted by Crippen LogP contribution is -2.45. The minimum absolute atomic E-state index is 0.0637. The van der Waals surface area contributed by atoms with E-state index in [1.54, 1.807) is 6.08 Å². The van der Waals surface area contributed by atoms with Crippen molar-refractivity contribution in [3.8, 4) is 0 Å². The van der Waals surface area contributed by atoms with E-state index in [-0.39, 0.29) is 12.5 Å². The van der Waals surface area contributed by atoms with Gasteiger partial charge in [0, 0.05) is 6.42 Å². The molecule has 4 nitrogen and oxygen atoms in total. The molecule has 2 unspecified atom stereocenters. The van der Waals surface area contributed by atoms with Crippen LogP contribution in [0.4, 0.5) is 0 Å². The quantitative estimate of drug-likeness (QED) is 0.0420. The molecule has 0 rings (SSSR count). The number of aliphatic hydroxyl groups is 2. The fourth-order valence-electron chi connectivity index (χ4n) is 8.45. The van der Waals surface area contributed by atoms with Crippen LogP contribution in [-0.4, -0.2) is 34.9 Å². The van der Waals surface area contributed by atoms with Gasteiger partial charge >= 0.3 is 0 Å². The van der Waals surface area contributed by atoms with Crippen molar-refractivity contribution in [1.29, 1.82) is 0 Å². The summed E-state index contributed by atoms with van der Waals surface area (Å²) in [5, 5.41) is 23.1. The fourth-order valence-corrected chi connectivity index (χ4v) is 8.45. The van der Waals surface area contributed by atoms with Crippen LogP contribution in [0.25, 0.3) is 0 Å². The molecular weight excluding hydrogens is 819 g/mol. The van der Waals surface area contributed by atoms with Crippen LogP contribution in [0.3, 0.4) is 0 Å².